The van der Waals surface area contributed by atoms with Gasteiger partial charge in [0, 0.05) is 11.4 Å². The summed E-state index contributed by atoms with van der Waals surface area (Å²) in [6, 6.07) is 15.3. The highest BCUT2D eigenvalue weighted by Crippen LogP contribution is 2.26. The molecular weight excluding hydrogens is 276 g/mol. The summed E-state index contributed by atoms with van der Waals surface area (Å²) in [6.07, 6.45) is 0. The lowest BCUT2D eigenvalue weighted by molar-refractivity contribution is 1.33. The lowest BCUT2D eigenvalue weighted by Gasteiger charge is -2.17. The smallest absolute Gasteiger partial charge is 0.253 e. The van der Waals surface area contributed by atoms with Gasteiger partial charge in [-0.1, -0.05) is 36.4 Å². The van der Waals surface area contributed by atoms with Crippen molar-refractivity contribution < 1.29 is 0 Å². The molecule has 0 bridgehead atoms. The fraction of sp³-hybridized carbons (Fsp3) is 0.111. The van der Waals surface area contributed by atoms with E-state index in [9.17, 15) is 9.59 Å². The molecule has 0 unspecified atom stereocenters. The first-order valence-corrected chi connectivity index (χ1v) is 7.06. The Morgan fingerprint density at radius 2 is 1.00 bits per heavy atom. The third-order valence-corrected chi connectivity index (χ3v) is 3.72. The summed E-state index contributed by atoms with van der Waals surface area (Å²) in [6.45, 7) is 3.89. The Kier molecular flexibility index (Phi) is 3.51. The molecule has 4 heteroatoms. The van der Waals surface area contributed by atoms with Crippen LogP contribution in [0.1, 0.15) is 11.1 Å². The van der Waals surface area contributed by atoms with Crippen LogP contribution in [-0.4, -0.2) is 0 Å². The van der Waals surface area contributed by atoms with Crippen molar-refractivity contribution in [3.63, 3.8) is 0 Å². The van der Waals surface area contributed by atoms with Crippen molar-refractivity contribution in [1.29, 1.82) is 0 Å². The fourth-order valence-electron chi connectivity index (χ4n) is 2.33. The van der Waals surface area contributed by atoms with Gasteiger partial charge in [0.2, 0.25) is 0 Å². The molecule has 0 aliphatic carbocycles. The number of para-hydroxylation sites is 2. The number of hydrogen-bond acceptors (Lipinski definition) is 4. The Bertz CT molecular complexity index is 830. The van der Waals surface area contributed by atoms with Gasteiger partial charge < -0.3 is 10.6 Å². The first-order chi connectivity index (χ1) is 10.6. The molecule has 110 valence electrons. The van der Waals surface area contributed by atoms with Gasteiger partial charge in [-0.15, -0.1) is 0 Å². The zero-order valence-electron chi connectivity index (χ0n) is 12.4. The first kappa shape index (κ1) is 14.1. The van der Waals surface area contributed by atoms with E-state index in [1.54, 1.807) is 0 Å². The molecule has 3 aromatic carbocycles. The minimum absolute atomic E-state index is 0.322. The maximum absolute atomic E-state index is 11.9. The molecule has 0 aromatic heterocycles. The van der Waals surface area contributed by atoms with Gasteiger partial charge in [0.05, 0.1) is 0 Å². The highest BCUT2D eigenvalue weighted by atomic mass is 16.2. The zero-order chi connectivity index (χ0) is 15.7. The molecule has 22 heavy (non-hydrogen) atoms. The number of nitrogens with one attached hydrogen (secondary N) is 2. The largest absolute Gasteiger partial charge is 0.350 e. The van der Waals surface area contributed by atoms with Crippen LogP contribution in [0.25, 0.3) is 0 Å². The second-order valence-electron chi connectivity index (χ2n) is 5.29. The molecule has 0 saturated heterocycles. The Morgan fingerprint density at radius 3 is 1.36 bits per heavy atom. The zero-order valence-corrected chi connectivity index (χ0v) is 12.4. The summed E-state index contributed by atoms with van der Waals surface area (Å²) in [7, 11) is 0. The van der Waals surface area contributed by atoms with Crippen molar-refractivity contribution in [3.05, 3.63) is 80.1 Å². The molecule has 0 aliphatic rings. The van der Waals surface area contributed by atoms with Gasteiger partial charge in [0.25, 0.3) is 10.9 Å². The van der Waals surface area contributed by atoms with E-state index in [1.165, 1.54) is 0 Å². The van der Waals surface area contributed by atoms with Gasteiger partial charge >= 0.3 is 0 Å². The summed E-state index contributed by atoms with van der Waals surface area (Å²) < 4.78 is 0. The van der Waals surface area contributed by atoms with Crippen molar-refractivity contribution >= 4 is 22.7 Å². The standard InChI is InChI=1S/C18H16N2O2/c1-11-7-3-5-9-13(11)19-15-16(18(22)17(15)21)20-14-10-6-4-8-12(14)2/h3-10,19-20H,1-2H3. The summed E-state index contributed by atoms with van der Waals surface area (Å²) in [5.74, 6) is 0. The van der Waals surface area contributed by atoms with E-state index in [2.05, 4.69) is 10.6 Å². The van der Waals surface area contributed by atoms with E-state index < -0.39 is 10.9 Å². The summed E-state index contributed by atoms with van der Waals surface area (Å²) in [5, 5.41) is 6.13. The van der Waals surface area contributed by atoms with E-state index in [4.69, 9.17) is 0 Å². The number of benzene rings is 2. The van der Waals surface area contributed by atoms with Crippen molar-refractivity contribution in [2.75, 3.05) is 10.6 Å². The van der Waals surface area contributed by atoms with Gasteiger partial charge in [-0.05, 0) is 37.1 Å². The van der Waals surface area contributed by atoms with Crippen LogP contribution in [0.4, 0.5) is 22.7 Å². The van der Waals surface area contributed by atoms with Crippen molar-refractivity contribution in [1.82, 2.24) is 0 Å². The lowest BCUT2D eigenvalue weighted by atomic mass is 10.1. The second kappa shape index (κ2) is 5.48. The molecule has 0 heterocycles. The SMILES string of the molecule is Cc1ccccc1Nc1c(Nc2ccccc2C)c(=O)c1=O. The maximum atomic E-state index is 11.9. The van der Waals surface area contributed by atoms with E-state index in [1.807, 2.05) is 62.4 Å². The lowest BCUT2D eigenvalue weighted by Crippen LogP contribution is -2.36. The molecule has 0 saturated carbocycles. The molecule has 0 spiro atoms. The van der Waals surface area contributed by atoms with E-state index in [0.29, 0.717) is 11.4 Å². The highest BCUT2D eigenvalue weighted by Gasteiger charge is 2.21. The topological polar surface area (TPSA) is 58.2 Å². The molecule has 2 N–H and O–H groups in total. The predicted molar refractivity (Wildman–Crippen MR) is 90.3 cm³/mol. The van der Waals surface area contributed by atoms with Gasteiger partial charge in [0.1, 0.15) is 11.4 Å². The molecule has 0 radical (unpaired) electrons. The Morgan fingerprint density at radius 1 is 0.636 bits per heavy atom. The van der Waals surface area contributed by atoms with Gasteiger partial charge in [0.15, 0.2) is 0 Å². The van der Waals surface area contributed by atoms with Crippen molar-refractivity contribution in [3.8, 4) is 0 Å². The molecule has 0 atom stereocenters. The fourth-order valence-corrected chi connectivity index (χ4v) is 2.33. The third kappa shape index (κ3) is 2.39. The Balaban J connectivity index is 1.93. The monoisotopic (exact) mass is 292 g/mol. The molecule has 0 aliphatic heterocycles. The average molecular weight is 292 g/mol. The van der Waals surface area contributed by atoms with Gasteiger partial charge in [-0.25, -0.2) is 0 Å². The van der Waals surface area contributed by atoms with Crippen molar-refractivity contribution in [2.24, 2.45) is 0 Å². The average Bonchev–Trinajstić information content (AvgIpc) is 2.53. The predicted octanol–water partition coefficient (Wildman–Crippen LogP) is 3.39. The van der Waals surface area contributed by atoms with Crippen LogP contribution >= 0.6 is 0 Å². The molecule has 0 fully saturated rings. The highest BCUT2D eigenvalue weighted by molar-refractivity contribution is 5.83. The number of aryl methyl sites for hydroxylation is 2. The minimum Gasteiger partial charge on any atom is -0.350 e. The maximum Gasteiger partial charge on any atom is 0.253 e. The van der Waals surface area contributed by atoms with Crippen LogP contribution in [0.15, 0.2) is 58.1 Å². The van der Waals surface area contributed by atoms with E-state index in [0.717, 1.165) is 22.5 Å². The molecule has 0 amide bonds. The van der Waals surface area contributed by atoms with Gasteiger partial charge in [-0.3, -0.25) is 9.59 Å². The summed E-state index contributed by atoms with van der Waals surface area (Å²) >= 11 is 0. The second-order valence-corrected chi connectivity index (χ2v) is 5.29. The van der Waals surface area contributed by atoms with Crippen LogP contribution in [0.3, 0.4) is 0 Å². The Labute approximate surface area is 128 Å². The minimum atomic E-state index is -0.487. The molecule has 3 aromatic rings. The van der Waals surface area contributed by atoms with Gasteiger partial charge in [-0.2, -0.15) is 0 Å². The van der Waals surface area contributed by atoms with Crippen LogP contribution in [0.5, 0.6) is 0 Å². The summed E-state index contributed by atoms with van der Waals surface area (Å²) in [5.41, 5.74) is 3.34. The quantitative estimate of drug-likeness (QED) is 0.724. The normalized spacial score (nSPS) is 10.6. The number of rotatable bonds is 4. The Hall–Kier alpha value is -2.88. The van der Waals surface area contributed by atoms with Crippen LogP contribution in [0.2, 0.25) is 0 Å². The van der Waals surface area contributed by atoms with Crippen molar-refractivity contribution in [2.45, 2.75) is 13.8 Å². The molecular formula is C18H16N2O2. The summed E-state index contributed by atoms with van der Waals surface area (Å²) in [4.78, 5) is 23.7. The molecule has 3 rings (SSSR count). The number of hydrogen-bond donors (Lipinski definition) is 2. The van der Waals surface area contributed by atoms with Crippen LogP contribution in [0, 0.1) is 13.8 Å². The third-order valence-electron chi connectivity index (χ3n) is 3.72. The van der Waals surface area contributed by atoms with Crippen LogP contribution in [-0.2, 0) is 0 Å². The first-order valence-electron chi connectivity index (χ1n) is 7.06. The molecule has 4 nitrogen and oxygen atoms in total. The van der Waals surface area contributed by atoms with Crippen LogP contribution < -0.4 is 21.5 Å². The number of anilines is 4. The van der Waals surface area contributed by atoms with E-state index >= 15 is 0 Å². The van der Waals surface area contributed by atoms with E-state index in [-0.39, 0.29) is 0 Å².